The van der Waals surface area contributed by atoms with E-state index in [4.69, 9.17) is 11.6 Å². The SMILES string of the molecule is Cl.O=C(CCN1CCCC1)Nc1ccc(Cl)cc1. The second kappa shape index (κ2) is 7.62. The topological polar surface area (TPSA) is 32.3 Å². The molecule has 0 aliphatic carbocycles. The highest BCUT2D eigenvalue weighted by molar-refractivity contribution is 6.30. The van der Waals surface area contributed by atoms with Gasteiger partial charge in [0.2, 0.25) is 5.91 Å². The van der Waals surface area contributed by atoms with Gasteiger partial charge in [-0.1, -0.05) is 11.6 Å². The lowest BCUT2D eigenvalue weighted by Gasteiger charge is -2.13. The number of benzene rings is 1. The van der Waals surface area contributed by atoms with E-state index >= 15 is 0 Å². The Bertz CT molecular complexity index is 375. The van der Waals surface area contributed by atoms with Crippen LogP contribution in [0.4, 0.5) is 5.69 Å². The molecule has 0 saturated carbocycles. The standard InChI is InChI=1S/C13H17ClN2O.ClH/c14-11-3-5-12(6-4-11)15-13(17)7-10-16-8-1-2-9-16;/h3-6H,1-2,7-10H2,(H,15,17);1H. The first-order chi connectivity index (χ1) is 8.24. The molecule has 3 nitrogen and oxygen atoms in total. The van der Waals surface area contributed by atoms with Crippen LogP contribution in [0.5, 0.6) is 0 Å². The molecule has 1 N–H and O–H groups in total. The normalized spacial score (nSPS) is 15.2. The fraction of sp³-hybridized carbons (Fsp3) is 0.462. The molecule has 1 saturated heterocycles. The van der Waals surface area contributed by atoms with Crippen molar-refractivity contribution in [3.63, 3.8) is 0 Å². The fourth-order valence-corrected chi connectivity index (χ4v) is 2.15. The van der Waals surface area contributed by atoms with Gasteiger partial charge >= 0.3 is 0 Å². The number of amides is 1. The lowest BCUT2D eigenvalue weighted by Crippen LogP contribution is -2.25. The van der Waals surface area contributed by atoms with Gasteiger partial charge in [0.15, 0.2) is 0 Å². The minimum Gasteiger partial charge on any atom is -0.326 e. The molecule has 0 bridgehead atoms. The van der Waals surface area contributed by atoms with Gasteiger partial charge in [0.25, 0.3) is 0 Å². The second-order valence-corrected chi connectivity index (χ2v) is 4.79. The van der Waals surface area contributed by atoms with Gasteiger partial charge in [-0.05, 0) is 50.2 Å². The van der Waals surface area contributed by atoms with E-state index < -0.39 is 0 Å². The third-order valence-corrected chi connectivity index (χ3v) is 3.23. The highest BCUT2D eigenvalue weighted by atomic mass is 35.5. The third kappa shape index (κ3) is 4.84. The number of hydrogen-bond donors (Lipinski definition) is 1. The first-order valence-corrected chi connectivity index (χ1v) is 6.39. The van der Waals surface area contributed by atoms with E-state index in [1.54, 1.807) is 12.1 Å². The molecule has 2 rings (SSSR count). The monoisotopic (exact) mass is 288 g/mol. The van der Waals surface area contributed by atoms with E-state index in [9.17, 15) is 4.79 Å². The van der Waals surface area contributed by atoms with Crippen LogP contribution in [0.2, 0.25) is 5.02 Å². The molecule has 5 heteroatoms. The molecule has 1 amide bonds. The summed E-state index contributed by atoms with van der Waals surface area (Å²) in [7, 11) is 0. The molecular weight excluding hydrogens is 271 g/mol. The summed E-state index contributed by atoms with van der Waals surface area (Å²) < 4.78 is 0. The highest BCUT2D eigenvalue weighted by Crippen LogP contribution is 2.14. The summed E-state index contributed by atoms with van der Waals surface area (Å²) in [5.74, 6) is 0.0687. The maximum atomic E-state index is 11.7. The van der Waals surface area contributed by atoms with Crippen molar-refractivity contribution < 1.29 is 4.79 Å². The minimum atomic E-state index is 0. The van der Waals surface area contributed by atoms with E-state index in [1.165, 1.54) is 12.8 Å². The number of nitrogens with one attached hydrogen (secondary N) is 1. The van der Waals surface area contributed by atoms with Crippen LogP contribution in [0.15, 0.2) is 24.3 Å². The summed E-state index contributed by atoms with van der Waals surface area (Å²) in [6.07, 6.45) is 3.08. The summed E-state index contributed by atoms with van der Waals surface area (Å²) in [5.41, 5.74) is 0.806. The molecule has 1 aliphatic heterocycles. The quantitative estimate of drug-likeness (QED) is 0.923. The van der Waals surface area contributed by atoms with Crippen LogP contribution in [0.1, 0.15) is 19.3 Å². The van der Waals surface area contributed by atoms with E-state index in [-0.39, 0.29) is 18.3 Å². The molecular formula is C13H18Cl2N2O. The predicted octanol–water partition coefficient (Wildman–Crippen LogP) is 3.19. The summed E-state index contributed by atoms with van der Waals surface area (Å²) in [6.45, 7) is 3.13. The molecule has 0 atom stereocenters. The first kappa shape index (κ1) is 15.3. The van der Waals surface area contributed by atoms with Gasteiger partial charge in [-0.3, -0.25) is 4.79 Å². The van der Waals surface area contributed by atoms with E-state index in [2.05, 4.69) is 10.2 Å². The van der Waals surface area contributed by atoms with Gasteiger partial charge in [0, 0.05) is 23.7 Å². The third-order valence-electron chi connectivity index (χ3n) is 2.98. The molecule has 0 aromatic heterocycles. The average Bonchev–Trinajstić information content (AvgIpc) is 2.83. The van der Waals surface area contributed by atoms with Gasteiger partial charge in [-0.25, -0.2) is 0 Å². The Hall–Kier alpha value is -0.770. The summed E-state index contributed by atoms with van der Waals surface area (Å²) >= 11 is 5.78. The fourth-order valence-electron chi connectivity index (χ4n) is 2.02. The number of anilines is 1. The molecule has 100 valence electrons. The predicted molar refractivity (Wildman–Crippen MR) is 77.6 cm³/mol. The maximum absolute atomic E-state index is 11.7. The van der Waals surface area contributed by atoms with Crippen molar-refractivity contribution >= 4 is 35.6 Å². The van der Waals surface area contributed by atoms with Gasteiger partial charge in [0.05, 0.1) is 0 Å². The van der Waals surface area contributed by atoms with Crippen molar-refractivity contribution in [1.29, 1.82) is 0 Å². The first-order valence-electron chi connectivity index (χ1n) is 6.02. The molecule has 0 unspecified atom stereocenters. The van der Waals surface area contributed by atoms with E-state index in [0.29, 0.717) is 11.4 Å². The lowest BCUT2D eigenvalue weighted by molar-refractivity contribution is -0.116. The molecule has 0 radical (unpaired) electrons. The van der Waals surface area contributed by atoms with Crippen LogP contribution in [-0.4, -0.2) is 30.4 Å². The number of carbonyl (C=O) groups is 1. The molecule has 18 heavy (non-hydrogen) atoms. The largest absolute Gasteiger partial charge is 0.326 e. The second-order valence-electron chi connectivity index (χ2n) is 4.35. The van der Waals surface area contributed by atoms with Crippen molar-refractivity contribution in [3.8, 4) is 0 Å². The molecule has 0 spiro atoms. The average molecular weight is 289 g/mol. The van der Waals surface area contributed by atoms with Crippen LogP contribution in [0.25, 0.3) is 0 Å². The van der Waals surface area contributed by atoms with Crippen molar-refractivity contribution in [2.75, 3.05) is 25.0 Å². The van der Waals surface area contributed by atoms with Crippen molar-refractivity contribution in [2.45, 2.75) is 19.3 Å². The van der Waals surface area contributed by atoms with Crippen LogP contribution in [0.3, 0.4) is 0 Å². The lowest BCUT2D eigenvalue weighted by atomic mass is 10.3. The van der Waals surface area contributed by atoms with Gasteiger partial charge in [-0.2, -0.15) is 0 Å². The summed E-state index contributed by atoms with van der Waals surface area (Å²) in [6, 6.07) is 7.18. The Labute approximate surface area is 119 Å². The van der Waals surface area contributed by atoms with Crippen LogP contribution in [0, 0.1) is 0 Å². The Balaban J connectivity index is 0.00000162. The van der Waals surface area contributed by atoms with Crippen LogP contribution < -0.4 is 5.32 Å². The van der Waals surface area contributed by atoms with Crippen molar-refractivity contribution in [1.82, 2.24) is 4.90 Å². The number of hydrogen-bond acceptors (Lipinski definition) is 2. The molecule has 1 aliphatic rings. The molecule has 1 heterocycles. The number of halogens is 2. The maximum Gasteiger partial charge on any atom is 0.225 e. The Morgan fingerprint density at radius 3 is 2.44 bits per heavy atom. The van der Waals surface area contributed by atoms with E-state index in [0.717, 1.165) is 25.3 Å². The molecule has 1 fully saturated rings. The zero-order valence-corrected chi connectivity index (χ0v) is 11.8. The molecule has 1 aromatic carbocycles. The van der Waals surface area contributed by atoms with Gasteiger partial charge in [-0.15, -0.1) is 12.4 Å². The Morgan fingerprint density at radius 1 is 1.22 bits per heavy atom. The smallest absolute Gasteiger partial charge is 0.225 e. The minimum absolute atomic E-state index is 0. The van der Waals surface area contributed by atoms with Crippen LogP contribution in [-0.2, 0) is 4.79 Å². The number of nitrogens with zero attached hydrogens (tertiary/aromatic N) is 1. The Kier molecular flexibility index (Phi) is 6.47. The van der Waals surface area contributed by atoms with Gasteiger partial charge in [0.1, 0.15) is 0 Å². The van der Waals surface area contributed by atoms with E-state index in [1.807, 2.05) is 12.1 Å². The summed E-state index contributed by atoms with van der Waals surface area (Å²) in [5, 5.41) is 3.55. The van der Waals surface area contributed by atoms with Gasteiger partial charge < -0.3 is 10.2 Å². The number of likely N-dealkylation sites (tertiary alicyclic amines) is 1. The van der Waals surface area contributed by atoms with Crippen molar-refractivity contribution in [2.24, 2.45) is 0 Å². The zero-order valence-electron chi connectivity index (χ0n) is 10.2. The van der Waals surface area contributed by atoms with Crippen molar-refractivity contribution in [3.05, 3.63) is 29.3 Å². The highest BCUT2D eigenvalue weighted by Gasteiger charge is 2.12. The number of rotatable bonds is 4. The summed E-state index contributed by atoms with van der Waals surface area (Å²) in [4.78, 5) is 14.0. The zero-order chi connectivity index (χ0) is 12.1. The number of carbonyl (C=O) groups excluding carboxylic acids is 1. The molecule has 1 aromatic rings. The Morgan fingerprint density at radius 2 is 1.83 bits per heavy atom. The van der Waals surface area contributed by atoms with Crippen LogP contribution >= 0.6 is 24.0 Å².